The second-order valence-electron chi connectivity index (χ2n) is 7.10. The highest BCUT2D eigenvalue weighted by atomic mass is 19.3. The van der Waals surface area contributed by atoms with Crippen LogP contribution in [0.4, 0.5) is 19.3 Å². The Labute approximate surface area is 179 Å². The number of urea groups is 1. The molecule has 2 aromatic carbocycles. The van der Waals surface area contributed by atoms with Gasteiger partial charge in [-0.1, -0.05) is 24.3 Å². The monoisotopic (exact) mass is 433 g/mol. The number of halogens is 2. The predicted molar refractivity (Wildman–Crippen MR) is 111 cm³/mol. The Balaban J connectivity index is 1.60. The van der Waals surface area contributed by atoms with E-state index in [0.29, 0.717) is 18.8 Å². The van der Waals surface area contributed by atoms with Crippen LogP contribution in [-0.4, -0.2) is 42.6 Å². The van der Waals surface area contributed by atoms with Crippen LogP contribution in [0.15, 0.2) is 48.5 Å². The highest BCUT2D eigenvalue weighted by Crippen LogP contribution is 2.32. The third-order valence-corrected chi connectivity index (χ3v) is 4.60. The molecular formula is C22H25F2N3O4. The maximum absolute atomic E-state index is 12.6. The molecule has 166 valence electrons. The number of benzene rings is 2. The van der Waals surface area contributed by atoms with Gasteiger partial charge in [-0.3, -0.25) is 15.0 Å². The number of carbonyl (C=O) groups excluding carboxylic acids is 2. The number of ether oxygens (including phenoxy) is 2. The lowest BCUT2D eigenvalue weighted by Crippen LogP contribution is -2.42. The van der Waals surface area contributed by atoms with Crippen LogP contribution in [-0.2, 0) is 11.3 Å². The van der Waals surface area contributed by atoms with Crippen LogP contribution in [0, 0.1) is 0 Å². The minimum absolute atomic E-state index is 0.0334. The van der Waals surface area contributed by atoms with Gasteiger partial charge in [-0.15, -0.1) is 0 Å². The molecule has 1 aliphatic rings. The number of rotatable bonds is 10. The first kappa shape index (κ1) is 22.5. The number of anilines is 1. The molecular weight excluding hydrogens is 408 g/mol. The Morgan fingerprint density at radius 1 is 1.13 bits per heavy atom. The normalized spacial score (nSPS) is 13.2. The molecule has 2 aromatic rings. The van der Waals surface area contributed by atoms with Gasteiger partial charge < -0.3 is 14.8 Å². The number of nitrogens with zero attached hydrogens (tertiary/aromatic N) is 1. The highest BCUT2D eigenvalue weighted by molar-refractivity contribution is 6.01. The molecule has 1 aliphatic carbocycles. The fourth-order valence-electron chi connectivity index (χ4n) is 3.14. The zero-order valence-corrected chi connectivity index (χ0v) is 17.1. The van der Waals surface area contributed by atoms with Gasteiger partial charge in [0, 0.05) is 18.3 Å². The summed E-state index contributed by atoms with van der Waals surface area (Å²) in [5.41, 5.74) is 1.37. The number of hydrogen-bond acceptors (Lipinski definition) is 5. The SMILES string of the molecule is CCOc1cc(CN(CC(=O)NC(=O)Nc2ccccc2)C2CC2)ccc1OC(F)F. The Morgan fingerprint density at radius 3 is 2.52 bits per heavy atom. The van der Waals surface area contributed by atoms with Gasteiger partial charge in [0.05, 0.1) is 13.2 Å². The predicted octanol–water partition coefficient (Wildman–Crippen LogP) is 4.00. The average molecular weight is 433 g/mol. The summed E-state index contributed by atoms with van der Waals surface area (Å²) < 4.78 is 35.1. The maximum atomic E-state index is 12.6. The molecule has 7 nitrogen and oxygen atoms in total. The number of hydrogen-bond donors (Lipinski definition) is 2. The van der Waals surface area contributed by atoms with Gasteiger partial charge in [-0.25, -0.2) is 4.79 Å². The number of carbonyl (C=O) groups is 2. The summed E-state index contributed by atoms with van der Waals surface area (Å²) in [4.78, 5) is 26.4. The van der Waals surface area contributed by atoms with Crippen LogP contribution in [0.25, 0.3) is 0 Å². The lowest BCUT2D eigenvalue weighted by atomic mass is 10.2. The Morgan fingerprint density at radius 2 is 1.87 bits per heavy atom. The van der Waals surface area contributed by atoms with Crippen molar-refractivity contribution in [2.75, 3.05) is 18.5 Å². The van der Waals surface area contributed by atoms with Gasteiger partial charge in [0.1, 0.15) is 0 Å². The minimum Gasteiger partial charge on any atom is -0.490 e. The molecule has 0 aromatic heterocycles. The van der Waals surface area contributed by atoms with Gasteiger partial charge in [-0.05, 0) is 49.6 Å². The molecule has 0 spiro atoms. The Kier molecular flexibility index (Phi) is 7.77. The van der Waals surface area contributed by atoms with E-state index in [4.69, 9.17) is 4.74 Å². The lowest BCUT2D eigenvalue weighted by molar-refractivity contribution is -0.121. The summed E-state index contributed by atoms with van der Waals surface area (Å²) in [6, 6.07) is 13.2. The summed E-state index contributed by atoms with van der Waals surface area (Å²) in [6.07, 6.45) is 1.91. The fourth-order valence-corrected chi connectivity index (χ4v) is 3.14. The number of imide groups is 1. The van der Waals surface area contributed by atoms with E-state index in [1.807, 2.05) is 11.0 Å². The van der Waals surface area contributed by atoms with E-state index in [-0.39, 0.29) is 24.1 Å². The quantitative estimate of drug-likeness (QED) is 0.592. The molecule has 0 bridgehead atoms. The van der Waals surface area contributed by atoms with E-state index in [1.165, 1.54) is 6.07 Å². The van der Waals surface area contributed by atoms with E-state index >= 15 is 0 Å². The van der Waals surface area contributed by atoms with Crippen molar-refractivity contribution >= 4 is 17.6 Å². The van der Waals surface area contributed by atoms with Crippen molar-refractivity contribution in [2.45, 2.75) is 39.0 Å². The smallest absolute Gasteiger partial charge is 0.387 e. The second kappa shape index (κ2) is 10.7. The number of nitrogens with one attached hydrogen (secondary N) is 2. The van der Waals surface area contributed by atoms with E-state index in [0.717, 1.165) is 18.4 Å². The van der Waals surface area contributed by atoms with Gasteiger partial charge in [0.15, 0.2) is 11.5 Å². The molecule has 2 N–H and O–H groups in total. The standard InChI is InChI=1S/C22H25F2N3O4/c1-2-30-19-12-15(8-11-18(19)31-21(23)24)13-27(17-9-10-17)14-20(28)26-22(29)25-16-6-4-3-5-7-16/h3-8,11-12,17,21H,2,9-10,13-14H2,1H3,(H2,25,26,28,29). The van der Waals surface area contributed by atoms with Gasteiger partial charge in [0.25, 0.3) is 0 Å². The molecule has 0 aliphatic heterocycles. The van der Waals surface area contributed by atoms with Crippen molar-refractivity contribution in [2.24, 2.45) is 0 Å². The zero-order chi connectivity index (χ0) is 22.2. The van der Waals surface area contributed by atoms with Crippen molar-refractivity contribution in [1.82, 2.24) is 10.2 Å². The van der Waals surface area contributed by atoms with Crippen molar-refractivity contribution in [3.63, 3.8) is 0 Å². The molecule has 0 radical (unpaired) electrons. The van der Waals surface area contributed by atoms with Crippen LogP contribution in [0.5, 0.6) is 11.5 Å². The Hall–Kier alpha value is -3.20. The molecule has 31 heavy (non-hydrogen) atoms. The van der Waals surface area contributed by atoms with Gasteiger partial charge in [0.2, 0.25) is 5.91 Å². The summed E-state index contributed by atoms with van der Waals surface area (Å²) in [7, 11) is 0. The van der Waals surface area contributed by atoms with Crippen LogP contribution >= 0.6 is 0 Å². The first-order valence-electron chi connectivity index (χ1n) is 10.0. The maximum Gasteiger partial charge on any atom is 0.387 e. The third-order valence-electron chi connectivity index (χ3n) is 4.60. The molecule has 9 heteroatoms. The first-order chi connectivity index (χ1) is 14.9. The van der Waals surface area contributed by atoms with Crippen molar-refractivity contribution < 1.29 is 27.8 Å². The Bertz CT molecular complexity index is 892. The summed E-state index contributed by atoms with van der Waals surface area (Å²) in [5.74, 6) is -0.236. The topological polar surface area (TPSA) is 79.9 Å². The molecule has 0 saturated heterocycles. The van der Waals surface area contributed by atoms with Crippen molar-refractivity contribution in [3.05, 3.63) is 54.1 Å². The van der Waals surface area contributed by atoms with E-state index < -0.39 is 18.5 Å². The van der Waals surface area contributed by atoms with Crippen molar-refractivity contribution in [1.29, 1.82) is 0 Å². The average Bonchev–Trinajstić information content (AvgIpc) is 3.55. The summed E-state index contributed by atoms with van der Waals surface area (Å²) in [6.45, 7) is -0.452. The number of amides is 3. The van der Waals surface area contributed by atoms with E-state index in [2.05, 4.69) is 15.4 Å². The fraction of sp³-hybridized carbons (Fsp3) is 0.364. The summed E-state index contributed by atoms with van der Waals surface area (Å²) >= 11 is 0. The van der Waals surface area contributed by atoms with Crippen LogP contribution in [0.3, 0.4) is 0 Å². The minimum atomic E-state index is -2.95. The lowest BCUT2D eigenvalue weighted by Gasteiger charge is -2.22. The van der Waals surface area contributed by atoms with E-state index in [1.54, 1.807) is 43.3 Å². The molecule has 1 fully saturated rings. The summed E-state index contributed by atoms with van der Waals surface area (Å²) in [5, 5.41) is 4.93. The molecule has 1 saturated carbocycles. The third kappa shape index (κ3) is 7.21. The van der Waals surface area contributed by atoms with Crippen molar-refractivity contribution in [3.8, 4) is 11.5 Å². The van der Waals surface area contributed by atoms with Crippen LogP contribution in [0.1, 0.15) is 25.3 Å². The largest absolute Gasteiger partial charge is 0.490 e. The second-order valence-corrected chi connectivity index (χ2v) is 7.10. The van der Waals surface area contributed by atoms with Gasteiger partial charge >= 0.3 is 12.6 Å². The molecule has 0 unspecified atom stereocenters. The molecule has 0 heterocycles. The number of para-hydroxylation sites is 1. The van der Waals surface area contributed by atoms with Crippen LogP contribution in [0.2, 0.25) is 0 Å². The molecule has 0 atom stereocenters. The van der Waals surface area contributed by atoms with Gasteiger partial charge in [-0.2, -0.15) is 8.78 Å². The first-order valence-corrected chi connectivity index (χ1v) is 10.0. The van der Waals surface area contributed by atoms with E-state index in [9.17, 15) is 18.4 Å². The zero-order valence-electron chi connectivity index (χ0n) is 17.1. The highest BCUT2D eigenvalue weighted by Gasteiger charge is 2.31. The molecule has 3 amide bonds. The van der Waals surface area contributed by atoms with Crippen LogP contribution < -0.4 is 20.1 Å². The number of alkyl halides is 2. The molecule has 3 rings (SSSR count).